The van der Waals surface area contributed by atoms with Crippen LogP contribution in [0.25, 0.3) is 61.8 Å². The van der Waals surface area contributed by atoms with Gasteiger partial charge in [-0.3, -0.25) is 0 Å². The third-order valence-corrected chi connectivity index (χ3v) is 7.96. The predicted octanol–water partition coefficient (Wildman–Crippen LogP) is 8.81. The Morgan fingerprint density at radius 3 is 2.00 bits per heavy atom. The van der Waals surface area contributed by atoms with Crippen molar-refractivity contribution in [2.45, 2.75) is 47.5 Å². The molecule has 184 valence electrons. The first-order valence-electron chi connectivity index (χ1n) is 13.1. The molecule has 0 amide bonds. The number of rotatable bonds is 3. The minimum Gasteiger partial charge on any atom is -0.355 e. The highest BCUT2D eigenvalue weighted by Crippen LogP contribution is 2.39. The highest BCUT2D eigenvalue weighted by molar-refractivity contribution is 5.94. The van der Waals surface area contributed by atoms with E-state index in [0.717, 1.165) is 74.4 Å². The molecule has 2 N–H and O–H groups in total. The third-order valence-electron chi connectivity index (χ3n) is 7.96. The van der Waals surface area contributed by atoms with Gasteiger partial charge in [-0.15, -0.1) is 0 Å². The molecule has 8 bridgehead atoms. The second kappa shape index (κ2) is 8.74. The van der Waals surface area contributed by atoms with Crippen LogP contribution in [0.4, 0.5) is 0 Å². The van der Waals surface area contributed by atoms with Crippen molar-refractivity contribution in [3.63, 3.8) is 0 Å². The van der Waals surface area contributed by atoms with Crippen LogP contribution in [0.3, 0.4) is 0 Å². The van der Waals surface area contributed by atoms with Crippen molar-refractivity contribution < 1.29 is 0 Å². The molecule has 2 aliphatic rings. The first kappa shape index (κ1) is 23.2. The molecule has 0 unspecified atom stereocenters. The van der Waals surface area contributed by atoms with Gasteiger partial charge in [0.2, 0.25) is 0 Å². The van der Waals surface area contributed by atoms with E-state index in [4.69, 9.17) is 9.97 Å². The molecule has 4 heteroatoms. The highest BCUT2D eigenvalue weighted by atomic mass is 14.8. The zero-order chi connectivity index (χ0) is 25.8. The number of aromatic amines is 2. The van der Waals surface area contributed by atoms with Crippen LogP contribution in [-0.4, -0.2) is 19.9 Å². The smallest absolute Gasteiger partial charge is 0.0737 e. The van der Waals surface area contributed by atoms with Gasteiger partial charge in [0.15, 0.2) is 0 Å². The Labute approximate surface area is 217 Å². The Morgan fingerprint density at radius 2 is 1.32 bits per heavy atom. The molecule has 0 atom stereocenters. The van der Waals surface area contributed by atoms with Crippen LogP contribution in [-0.2, 0) is 6.42 Å². The van der Waals surface area contributed by atoms with Crippen molar-refractivity contribution in [2.75, 3.05) is 0 Å². The Bertz CT molecular complexity index is 1790. The molecule has 0 spiro atoms. The van der Waals surface area contributed by atoms with E-state index in [1.165, 1.54) is 27.8 Å². The Hall–Kier alpha value is -4.18. The monoisotopic (exact) mass is 484 g/mol. The van der Waals surface area contributed by atoms with Crippen molar-refractivity contribution >= 4 is 39.3 Å². The van der Waals surface area contributed by atoms with Gasteiger partial charge in [0.05, 0.1) is 22.8 Å². The molecule has 6 rings (SSSR count). The zero-order valence-corrected chi connectivity index (χ0v) is 22.2. The number of hydrogen-bond acceptors (Lipinski definition) is 2. The minimum absolute atomic E-state index is 0.924. The lowest BCUT2D eigenvalue weighted by Gasteiger charge is -2.00. The van der Waals surface area contributed by atoms with Crippen LogP contribution >= 0.6 is 0 Å². The molecule has 1 aromatic carbocycles. The van der Waals surface area contributed by atoms with E-state index in [0.29, 0.717) is 0 Å². The molecule has 4 nitrogen and oxygen atoms in total. The van der Waals surface area contributed by atoms with Crippen LogP contribution in [0.2, 0.25) is 0 Å². The van der Waals surface area contributed by atoms with Crippen molar-refractivity contribution in [3.8, 4) is 22.5 Å². The van der Waals surface area contributed by atoms with Crippen LogP contribution in [0.5, 0.6) is 0 Å². The summed E-state index contributed by atoms with van der Waals surface area (Å²) < 4.78 is 0. The molecule has 0 saturated heterocycles. The van der Waals surface area contributed by atoms with Gasteiger partial charge in [-0.2, -0.15) is 0 Å². The van der Waals surface area contributed by atoms with Crippen molar-refractivity contribution in [1.29, 1.82) is 0 Å². The lowest BCUT2D eigenvalue weighted by atomic mass is 10.0. The number of nitrogens with one attached hydrogen (secondary N) is 2. The second-order valence-corrected chi connectivity index (χ2v) is 9.95. The summed E-state index contributed by atoms with van der Waals surface area (Å²) in [7, 11) is 0. The maximum Gasteiger partial charge on any atom is 0.0737 e. The van der Waals surface area contributed by atoms with Gasteiger partial charge >= 0.3 is 0 Å². The fraction of sp³-hybridized carbons (Fsp3) is 0.212. The summed E-state index contributed by atoms with van der Waals surface area (Å²) in [5.41, 5.74) is 17.9. The number of fused-ring (bicyclic) bond motifs is 11. The topological polar surface area (TPSA) is 57.4 Å². The third kappa shape index (κ3) is 3.59. The molecule has 37 heavy (non-hydrogen) atoms. The van der Waals surface area contributed by atoms with Gasteiger partial charge in [0.1, 0.15) is 0 Å². The normalized spacial score (nSPS) is 12.7. The van der Waals surface area contributed by atoms with E-state index in [9.17, 15) is 0 Å². The summed E-state index contributed by atoms with van der Waals surface area (Å²) in [6.07, 6.45) is 3.81. The number of aryl methyl sites for hydroxylation is 3. The average Bonchev–Trinajstić information content (AvgIpc) is 3.57. The average molecular weight is 485 g/mol. The molecular formula is C33H32N4. The van der Waals surface area contributed by atoms with E-state index >= 15 is 0 Å². The summed E-state index contributed by atoms with van der Waals surface area (Å²) in [5.74, 6) is 0. The van der Waals surface area contributed by atoms with Gasteiger partial charge in [0, 0.05) is 38.8 Å². The Morgan fingerprint density at radius 1 is 0.703 bits per heavy atom. The maximum absolute atomic E-state index is 5.12. The van der Waals surface area contributed by atoms with Gasteiger partial charge < -0.3 is 9.97 Å². The number of hydrogen-bond donors (Lipinski definition) is 2. The van der Waals surface area contributed by atoms with Gasteiger partial charge in [-0.1, -0.05) is 50.8 Å². The number of benzene rings is 1. The molecule has 0 saturated carbocycles. The predicted molar refractivity (Wildman–Crippen MR) is 157 cm³/mol. The molecule has 0 fully saturated rings. The van der Waals surface area contributed by atoms with Gasteiger partial charge in [-0.25, -0.2) is 9.97 Å². The van der Waals surface area contributed by atoms with Crippen LogP contribution in [0.15, 0.2) is 55.1 Å². The molecule has 2 aliphatic heterocycles. The van der Waals surface area contributed by atoms with Crippen LogP contribution < -0.4 is 0 Å². The van der Waals surface area contributed by atoms with E-state index in [1.54, 1.807) is 0 Å². The first-order chi connectivity index (χ1) is 17.9. The van der Waals surface area contributed by atoms with Gasteiger partial charge in [-0.05, 0) is 85.7 Å². The molecule has 0 radical (unpaired) electrons. The summed E-state index contributed by atoms with van der Waals surface area (Å²) in [5, 5.41) is 0. The van der Waals surface area contributed by atoms with Crippen molar-refractivity contribution in [2.24, 2.45) is 0 Å². The summed E-state index contributed by atoms with van der Waals surface area (Å²) in [6.45, 7) is 15.1. The van der Waals surface area contributed by atoms with E-state index in [-0.39, 0.29) is 0 Å². The Kier molecular flexibility index (Phi) is 5.49. The summed E-state index contributed by atoms with van der Waals surface area (Å²) >= 11 is 0. The first-order valence-corrected chi connectivity index (χ1v) is 13.1. The van der Waals surface area contributed by atoms with Crippen molar-refractivity contribution in [3.05, 3.63) is 88.8 Å². The number of aromatic nitrogens is 4. The van der Waals surface area contributed by atoms with Crippen LogP contribution in [0.1, 0.15) is 60.8 Å². The second-order valence-electron chi connectivity index (χ2n) is 9.95. The van der Waals surface area contributed by atoms with E-state index < -0.39 is 0 Å². The molecule has 3 aromatic heterocycles. The zero-order valence-electron chi connectivity index (χ0n) is 22.2. The SMILES string of the molecule is C=Cc1c(C)c2cc3nc(cc4nc(cc5[nH]c(cc1[nH]2)c(CC)c5C)C(C)=C4CC)-c1ccccc1-3. The summed E-state index contributed by atoms with van der Waals surface area (Å²) in [6, 6.07) is 17.2. The molecule has 5 heterocycles. The molecule has 4 aromatic rings. The van der Waals surface area contributed by atoms with E-state index in [1.807, 2.05) is 6.08 Å². The standard InChI is InChI=1S/C33H32N4/c1-7-21-18(4)26-14-27-19(5)22(8-2)31(35-27)17-33-25-13-11-10-12-24(25)32(37-33)15-28-20(6)23(9-3)30(36-28)16-29(21)34-26/h9-17,34,36H,3,7-8H2,1-2,4-6H3. The lowest BCUT2D eigenvalue weighted by molar-refractivity contribution is 1.14. The van der Waals surface area contributed by atoms with Gasteiger partial charge in [0.25, 0.3) is 0 Å². The number of allylic oxidation sites excluding steroid dienone is 2. The molecule has 0 aliphatic carbocycles. The minimum atomic E-state index is 0.924. The lowest BCUT2D eigenvalue weighted by Crippen LogP contribution is -1.82. The Balaban J connectivity index is 1.82. The maximum atomic E-state index is 5.12. The summed E-state index contributed by atoms with van der Waals surface area (Å²) in [4.78, 5) is 17.6. The van der Waals surface area contributed by atoms with Crippen LogP contribution in [0, 0.1) is 13.8 Å². The van der Waals surface area contributed by atoms with Crippen molar-refractivity contribution in [1.82, 2.24) is 19.9 Å². The number of H-pyrrole nitrogens is 2. The largest absolute Gasteiger partial charge is 0.355 e. The quantitative estimate of drug-likeness (QED) is 0.269. The fourth-order valence-electron chi connectivity index (χ4n) is 5.86. The number of nitrogens with zero attached hydrogens (tertiary/aromatic N) is 2. The fourth-order valence-corrected chi connectivity index (χ4v) is 5.86. The highest BCUT2D eigenvalue weighted by Gasteiger charge is 2.20. The van der Waals surface area contributed by atoms with E-state index in [2.05, 4.69) is 99.7 Å². The molecular weight excluding hydrogens is 452 g/mol.